The molecular weight excluding hydrogens is 413 g/mol. The molecule has 1 heterocycles. The summed E-state index contributed by atoms with van der Waals surface area (Å²) in [5.74, 6) is -1.78. The second-order valence-electron chi connectivity index (χ2n) is 5.79. The number of benzene rings is 1. The predicted molar refractivity (Wildman–Crippen MR) is 94.8 cm³/mol. The van der Waals surface area contributed by atoms with Crippen LogP contribution in [0.1, 0.15) is 12.8 Å². The highest BCUT2D eigenvalue weighted by Crippen LogP contribution is 2.30. The zero-order chi connectivity index (χ0) is 18.8. The van der Waals surface area contributed by atoms with Gasteiger partial charge in [0.25, 0.3) is 0 Å². The van der Waals surface area contributed by atoms with Crippen molar-refractivity contribution in [1.29, 1.82) is 0 Å². The van der Waals surface area contributed by atoms with Gasteiger partial charge in [-0.1, -0.05) is 23.2 Å². The average molecular weight is 430 g/mol. The standard InChI is InChI=1S/C14H17Cl2NO6S2/c15-10-4-3-9(6-11(10)16)25(22,23)13-8-24(20,21)7-12(13)17-5-1-2-14(18)19/h3-4,6,12-13,17H,1-2,5,7-8H2,(H,18,19)/t12-,13-/m0/s1. The predicted octanol–water partition coefficient (Wildman–Crippen LogP) is 1.39. The van der Waals surface area contributed by atoms with E-state index in [4.69, 9.17) is 28.3 Å². The Kier molecular flexibility index (Phi) is 6.37. The number of aliphatic carboxylic acids is 1. The van der Waals surface area contributed by atoms with Crippen LogP contribution in [-0.4, -0.2) is 57.3 Å². The molecule has 0 unspecified atom stereocenters. The summed E-state index contributed by atoms with van der Waals surface area (Å²) in [4.78, 5) is 10.4. The molecule has 140 valence electrons. The molecule has 0 radical (unpaired) electrons. The van der Waals surface area contributed by atoms with Crippen molar-refractivity contribution in [1.82, 2.24) is 5.32 Å². The first-order chi connectivity index (χ1) is 11.5. The molecule has 0 spiro atoms. The molecule has 1 aliphatic heterocycles. The second-order valence-corrected chi connectivity index (χ2v) is 10.9. The zero-order valence-corrected chi connectivity index (χ0v) is 16.1. The number of carboxylic acid groups (broad SMARTS) is 1. The summed E-state index contributed by atoms with van der Waals surface area (Å²) in [7, 11) is -7.48. The van der Waals surface area contributed by atoms with Crippen LogP contribution in [0.3, 0.4) is 0 Å². The van der Waals surface area contributed by atoms with E-state index in [1.54, 1.807) is 0 Å². The summed E-state index contributed by atoms with van der Waals surface area (Å²) in [6, 6.07) is 3.02. The molecule has 1 aromatic carbocycles. The van der Waals surface area contributed by atoms with Crippen molar-refractivity contribution < 1.29 is 26.7 Å². The number of hydrogen-bond donors (Lipinski definition) is 2. The molecule has 0 aromatic heterocycles. The maximum absolute atomic E-state index is 12.8. The lowest BCUT2D eigenvalue weighted by atomic mass is 10.2. The van der Waals surface area contributed by atoms with Crippen LogP contribution in [0.4, 0.5) is 0 Å². The second kappa shape index (κ2) is 7.79. The molecule has 1 saturated heterocycles. The fourth-order valence-corrected chi connectivity index (χ4v) is 7.77. The van der Waals surface area contributed by atoms with E-state index in [-0.39, 0.29) is 40.1 Å². The van der Waals surface area contributed by atoms with Crippen molar-refractivity contribution >= 4 is 48.8 Å². The number of halogens is 2. The molecule has 2 rings (SSSR count). The molecule has 1 fully saturated rings. The van der Waals surface area contributed by atoms with E-state index < -0.39 is 42.7 Å². The van der Waals surface area contributed by atoms with Crippen molar-refractivity contribution in [3.8, 4) is 0 Å². The Labute approximate surface area is 156 Å². The van der Waals surface area contributed by atoms with Crippen molar-refractivity contribution in [3.05, 3.63) is 28.2 Å². The lowest BCUT2D eigenvalue weighted by Gasteiger charge is -2.20. The summed E-state index contributed by atoms with van der Waals surface area (Å²) in [5.41, 5.74) is 0. The average Bonchev–Trinajstić information content (AvgIpc) is 2.82. The molecule has 25 heavy (non-hydrogen) atoms. The van der Waals surface area contributed by atoms with E-state index in [1.807, 2.05) is 0 Å². The van der Waals surface area contributed by atoms with Crippen LogP contribution in [0.15, 0.2) is 23.1 Å². The van der Waals surface area contributed by atoms with Crippen LogP contribution < -0.4 is 5.32 Å². The van der Waals surface area contributed by atoms with E-state index in [0.29, 0.717) is 0 Å². The summed E-state index contributed by atoms with van der Waals surface area (Å²) >= 11 is 11.7. The van der Waals surface area contributed by atoms with Crippen molar-refractivity contribution in [3.63, 3.8) is 0 Å². The van der Waals surface area contributed by atoms with E-state index in [9.17, 15) is 21.6 Å². The smallest absolute Gasteiger partial charge is 0.303 e. The van der Waals surface area contributed by atoms with Gasteiger partial charge in [0.2, 0.25) is 0 Å². The first-order valence-electron chi connectivity index (χ1n) is 7.37. The van der Waals surface area contributed by atoms with Gasteiger partial charge in [-0.15, -0.1) is 0 Å². The number of rotatable bonds is 7. The molecule has 1 aromatic rings. The van der Waals surface area contributed by atoms with Crippen LogP contribution in [0.25, 0.3) is 0 Å². The number of sulfone groups is 2. The van der Waals surface area contributed by atoms with Gasteiger partial charge in [0.15, 0.2) is 19.7 Å². The van der Waals surface area contributed by atoms with E-state index in [2.05, 4.69) is 5.32 Å². The zero-order valence-electron chi connectivity index (χ0n) is 13.0. The van der Waals surface area contributed by atoms with Gasteiger partial charge in [0.1, 0.15) is 0 Å². The molecule has 1 aliphatic rings. The van der Waals surface area contributed by atoms with Crippen LogP contribution in [0.2, 0.25) is 10.0 Å². The highest BCUT2D eigenvalue weighted by atomic mass is 35.5. The highest BCUT2D eigenvalue weighted by molar-refractivity contribution is 7.96. The van der Waals surface area contributed by atoms with Gasteiger partial charge in [-0.2, -0.15) is 0 Å². The maximum atomic E-state index is 12.8. The Bertz CT molecular complexity index is 869. The molecule has 0 aliphatic carbocycles. The van der Waals surface area contributed by atoms with Gasteiger partial charge in [0, 0.05) is 12.5 Å². The van der Waals surface area contributed by atoms with E-state index in [1.165, 1.54) is 18.2 Å². The minimum atomic E-state index is -3.95. The SMILES string of the molecule is O=C(O)CCCN[C@H]1CS(=O)(=O)C[C@@H]1S(=O)(=O)c1ccc(Cl)c(Cl)c1. The summed E-state index contributed by atoms with van der Waals surface area (Å²) in [6.45, 7) is 0.208. The first-order valence-corrected chi connectivity index (χ1v) is 11.5. The number of hydrogen-bond acceptors (Lipinski definition) is 6. The van der Waals surface area contributed by atoms with Gasteiger partial charge in [0.05, 0.1) is 31.7 Å². The van der Waals surface area contributed by atoms with E-state index in [0.717, 1.165) is 0 Å². The van der Waals surface area contributed by atoms with Gasteiger partial charge >= 0.3 is 5.97 Å². The number of carboxylic acids is 1. The number of carbonyl (C=O) groups is 1. The lowest BCUT2D eigenvalue weighted by molar-refractivity contribution is -0.137. The third kappa shape index (κ3) is 5.07. The summed E-state index contributed by atoms with van der Waals surface area (Å²) in [6.07, 6.45) is 0.183. The minimum absolute atomic E-state index is 0.0644. The fraction of sp³-hybridized carbons (Fsp3) is 0.500. The third-order valence-electron chi connectivity index (χ3n) is 3.89. The Hall–Kier alpha value is -0.870. The van der Waals surface area contributed by atoms with Crippen LogP contribution in [0.5, 0.6) is 0 Å². The Morgan fingerprint density at radius 1 is 1.24 bits per heavy atom. The molecule has 2 N–H and O–H groups in total. The topological polar surface area (TPSA) is 118 Å². The molecule has 0 saturated carbocycles. The molecule has 2 atom stereocenters. The quantitative estimate of drug-likeness (QED) is 0.628. The minimum Gasteiger partial charge on any atom is -0.481 e. The monoisotopic (exact) mass is 429 g/mol. The van der Waals surface area contributed by atoms with Crippen LogP contribution in [0, 0.1) is 0 Å². The lowest BCUT2D eigenvalue weighted by Crippen LogP contribution is -2.43. The van der Waals surface area contributed by atoms with Gasteiger partial charge in [-0.05, 0) is 31.2 Å². The Morgan fingerprint density at radius 3 is 2.52 bits per heavy atom. The Morgan fingerprint density at radius 2 is 1.92 bits per heavy atom. The van der Waals surface area contributed by atoms with Gasteiger partial charge < -0.3 is 10.4 Å². The third-order valence-corrected chi connectivity index (χ3v) is 8.78. The largest absolute Gasteiger partial charge is 0.481 e. The molecule has 0 amide bonds. The van der Waals surface area contributed by atoms with Crippen molar-refractivity contribution in [2.45, 2.75) is 29.0 Å². The van der Waals surface area contributed by atoms with Gasteiger partial charge in [-0.25, -0.2) is 16.8 Å². The molecule has 11 heteroatoms. The highest BCUT2D eigenvalue weighted by Gasteiger charge is 2.45. The van der Waals surface area contributed by atoms with Crippen LogP contribution >= 0.6 is 23.2 Å². The van der Waals surface area contributed by atoms with Crippen molar-refractivity contribution in [2.75, 3.05) is 18.1 Å². The summed E-state index contributed by atoms with van der Waals surface area (Å²) in [5, 5.41) is 10.6. The first kappa shape index (κ1) is 20.4. The molecular formula is C14H17Cl2NO6S2. The van der Waals surface area contributed by atoms with Crippen LogP contribution in [-0.2, 0) is 24.5 Å². The molecule has 0 bridgehead atoms. The van der Waals surface area contributed by atoms with E-state index >= 15 is 0 Å². The maximum Gasteiger partial charge on any atom is 0.303 e. The Balaban J connectivity index is 2.23. The fourth-order valence-electron chi connectivity index (χ4n) is 2.67. The molecule has 7 nitrogen and oxygen atoms in total. The normalized spacial score (nSPS) is 22.8. The number of nitrogens with one attached hydrogen (secondary N) is 1. The van der Waals surface area contributed by atoms with Crippen molar-refractivity contribution in [2.24, 2.45) is 0 Å². The summed E-state index contributed by atoms with van der Waals surface area (Å²) < 4.78 is 49.6. The van der Waals surface area contributed by atoms with Gasteiger partial charge in [-0.3, -0.25) is 4.79 Å².